The molecule has 1 aliphatic heterocycles. The molecule has 0 unspecified atom stereocenters. The first kappa shape index (κ1) is 21.6. The van der Waals surface area contributed by atoms with E-state index in [1.807, 2.05) is 28.5 Å². The SMILES string of the molecule is O=C(CCCSc1nc2ccccc2s1)N1CCN(Cc2cc(=O)n3ccsc3n2)CC1. The first-order chi connectivity index (χ1) is 15.7. The third-order valence-corrected chi connectivity index (χ3v) is 8.52. The van der Waals surface area contributed by atoms with E-state index in [0.717, 1.165) is 58.9 Å². The van der Waals surface area contributed by atoms with Gasteiger partial charge in [0, 0.05) is 62.5 Å². The van der Waals surface area contributed by atoms with E-state index in [0.29, 0.717) is 13.0 Å². The van der Waals surface area contributed by atoms with Crippen LogP contribution in [-0.2, 0) is 11.3 Å². The van der Waals surface area contributed by atoms with Crippen LogP contribution in [0.3, 0.4) is 0 Å². The Balaban J connectivity index is 1.05. The highest BCUT2D eigenvalue weighted by molar-refractivity contribution is 8.01. The summed E-state index contributed by atoms with van der Waals surface area (Å²) >= 11 is 4.91. The maximum Gasteiger partial charge on any atom is 0.258 e. The van der Waals surface area contributed by atoms with Crippen molar-refractivity contribution >= 4 is 55.5 Å². The average molecular weight is 486 g/mol. The van der Waals surface area contributed by atoms with Gasteiger partial charge in [-0.2, -0.15) is 0 Å². The number of nitrogens with zero attached hydrogens (tertiary/aromatic N) is 5. The summed E-state index contributed by atoms with van der Waals surface area (Å²) in [4.78, 5) is 38.9. The second kappa shape index (κ2) is 9.70. The molecule has 0 N–H and O–H groups in total. The molecule has 4 aromatic rings. The molecule has 1 saturated heterocycles. The fourth-order valence-electron chi connectivity index (χ4n) is 3.81. The van der Waals surface area contributed by atoms with Crippen molar-refractivity contribution in [3.05, 3.63) is 58.0 Å². The second-order valence-corrected chi connectivity index (χ2v) is 10.9. The van der Waals surface area contributed by atoms with Crippen molar-refractivity contribution in [3.8, 4) is 0 Å². The molecule has 0 saturated carbocycles. The van der Waals surface area contributed by atoms with Crippen LogP contribution in [0.15, 0.2) is 51.0 Å². The quantitative estimate of drug-likeness (QED) is 0.294. The Morgan fingerprint density at radius 3 is 2.81 bits per heavy atom. The Bertz CT molecular complexity index is 1260. The van der Waals surface area contributed by atoms with E-state index in [1.165, 1.54) is 16.0 Å². The number of benzene rings is 1. The maximum absolute atomic E-state index is 12.6. The molecule has 0 radical (unpaired) electrons. The van der Waals surface area contributed by atoms with Gasteiger partial charge in [-0.15, -0.1) is 22.7 Å². The lowest BCUT2D eigenvalue weighted by Gasteiger charge is -2.34. The lowest BCUT2D eigenvalue weighted by molar-refractivity contribution is -0.133. The standard InChI is InChI=1S/C22H23N5O2S3/c28-19(6-3-12-31-22-24-17-4-1-2-5-18(17)32-22)26-9-7-25(8-10-26)15-16-14-20(29)27-11-13-30-21(27)23-16/h1-2,4-5,11,13-14H,3,6-10,12,15H2. The lowest BCUT2D eigenvalue weighted by atomic mass is 10.2. The zero-order chi connectivity index (χ0) is 21.9. The minimum absolute atomic E-state index is 0.0382. The van der Waals surface area contributed by atoms with Gasteiger partial charge in [0.2, 0.25) is 5.91 Å². The van der Waals surface area contributed by atoms with E-state index in [4.69, 9.17) is 0 Å². The van der Waals surface area contributed by atoms with Crippen LogP contribution < -0.4 is 5.56 Å². The van der Waals surface area contributed by atoms with Crippen molar-refractivity contribution in [2.45, 2.75) is 23.7 Å². The molecule has 0 bridgehead atoms. The fourth-order valence-corrected chi connectivity index (χ4v) is 6.62. The maximum atomic E-state index is 12.6. The van der Waals surface area contributed by atoms with Gasteiger partial charge in [-0.25, -0.2) is 9.97 Å². The predicted octanol–water partition coefficient (Wildman–Crippen LogP) is 3.58. The third-order valence-electron chi connectivity index (χ3n) is 5.50. The number of amides is 1. The molecule has 10 heteroatoms. The van der Waals surface area contributed by atoms with Gasteiger partial charge in [-0.05, 0) is 18.6 Å². The average Bonchev–Trinajstić information content (AvgIpc) is 3.44. The van der Waals surface area contributed by atoms with Crippen molar-refractivity contribution in [2.75, 3.05) is 31.9 Å². The number of fused-ring (bicyclic) bond motifs is 2. The Kier molecular flexibility index (Phi) is 6.54. The van der Waals surface area contributed by atoms with Crippen LogP contribution in [0.25, 0.3) is 15.2 Å². The van der Waals surface area contributed by atoms with Gasteiger partial charge in [-0.3, -0.25) is 18.9 Å². The highest BCUT2D eigenvalue weighted by atomic mass is 32.2. The van der Waals surface area contributed by atoms with Gasteiger partial charge in [0.15, 0.2) is 9.30 Å². The molecule has 7 nitrogen and oxygen atoms in total. The highest BCUT2D eigenvalue weighted by Crippen LogP contribution is 2.29. The molecular formula is C22H23N5O2S3. The Morgan fingerprint density at radius 2 is 1.97 bits per heavy atom. The summed E-state index contributed by atoms with van der Waals surface area (Å²) in [5, 5.41) is 1.87. The number of carbonyl (C=O) groups excluding carboxylic acids is 1. The number of hydrogen-bond donors (Lipinski definition) is 0. The van der Waals surface area contributed by atoms with Gasteiger partial charge < -0.3 is 4.90 Å². The number of carbonyl (C=O) groups is 1. The van der Waals surface area contributed by atoms with Crippen molar-refractivity contribution in [1.82, 2.24) is 24.2 Å². The minimum Gasteiger partial charge on any atom is -0.340 e. The smallest absolute Gasteiger partial charge is 0.258 e. The monoisotopic (exact) mass is 485 g/mol. The molecule has 4 heterocycles. The van der Waals surface area contributed by atoms with Gasteiger partial charge in [0.05, 0.1) is 15.9 Å². The molecule has 32 heavy (non-hydrogen) atoms. The summed E-state index contributed by atoms with van der Waals surface area (Å²) in [6, 6.07) is 9.78. The zero-order valence-electron chi connectivity index (χ0n) is 17.5. The van der Waals surface area contributed by atoms with Gasteiger partial charge in [0.1, 0.15) is 0 Å². The number of thiazole rings is 2. The summed E-state index contributed by atoms with van der Waals surface area (Å²) in [6.07, 6.45) is 3.18. The summed E-state index contributed by atoms with van der Waals surface area (Å²) in [6.45, 7) is 3.70. The second-order valence-electron chi connectivity index (χ2n) is 7.70. The van der Waals surface area contributed by atoms with Crippen LogP contribution in [0.4, 0.5) is 0 Å². The number of piperazine rings is 1. The van der Waals surface area contributed by atoms with Gasteiger partial charge in [-0.1, -0.05) is 23.9 Å². The number of thioether (sulfide) groups is 1. The van der Waals surface area contributed by atoms with Crippen LogP contribution in [0.1, 0.15) is 18.5 Å². The molecular weight excluding hydrogens is 462 g/mol. The van der Waals surface area contributed by atoms with Crippen LogP contribution in [0.5, 0.6) is 0 Å². The molecule has 0 atom stereocenters. The lowest BCUT2D eigenvalue weighted by Crippen LogP contribution is -2.48. The summed E-state index contributed by atoms with van der Waals surface area (Å²) in [7, 11) is 0. The largest absolute Gasteiger partial charge is 0.340 e. The van der Waals surface area contributed by atoms with E-state index < -0.39 is 0 Å². The molecule has 1 aromatic carbocycles. The van der Waals surface area contributed by atoms with E-state index in [1.54, 1.807) is 39.8 Å². The topological polar surface area (TPSA) is 70.8 Å². The van der Waals surface area contributed by atoms with Gasteiger partial charge >= 0.3 is 0 Å². The van der Waals surface area contributed by atoms with Crippen LogP contribution in [-0.4, -0.2) is 62.0 Å². The third kappa shape index (κ3) is 4.88. The summed E-state index contributed by atoms with van der Waals surface area (Å²) < 4.78 is 3.85. The van der Waals surface area contributed by atoms with E-state index in [-0.39, 0.29) is 11.5 Å². The van der Waals surface area contributed by atoms with Crippen molar-refractivity contribution in [1.29, 1.82) is 0 Å². The summed E-state index contributed by atoms with van der Waals surface area (Å²) in [5.74, 6) is 1.13. The molecule has 0 aliphatic carbocycles. The van der Waals surface area contributed by atoms with Crippen molar-refractivity contribution in [2.24, 2.45) is 0 Å². The first-order valence-corrected chi connectivity index (χ1v) is 13.3. The Hall–Kier alpha value is -2.27. The van der Waals surface area contributed by atoms with E-state index >= 15 is 0 Å². The number of hydrogen-bond acceptors (Lipinski definition) is 8. The number of rotatable bonds is 7. The minimum atomic E-state index is -0.0382. The molecule has 0 spiro atoms. The number of para-hydroxylation sites is 1. The van der Waals surface area contributed by atoms with Gasteiger partial charge in [0.25, 0.3) is 5.56 Å². The first-order valence-electron chi connectivity index (χ1n) is 10.6. The molecule has 1 aliphatic rings. The van der Waals surface area contributed by atoms with E-state index in [9.17, 15) is 9.59 Å². The molecule has 5 rings (SSSR count). The molecule has 166 valence electrons. The normalized spacial score (nSPS) is 15.1. The van der Waals surface area contributed by atoms with E-state index in [2.05, 4.69) is 20.9 Å². The molecule has 1 amide bonds. The van der Waals surface area contributed by atoms with Crippen molar-refractivity contribution < 1.29 is 4.79 Å². The van der Waals surface area contributed by atoms with Crippen LogP contribution >= 0.6 is 34.4 Å². The van der Waals surface area contributed by atoms with Crippen LogP contribution in [0, 0.1) is 0 Å². The fraction of sp³-hybridized carbons (Fsp3) is 0.364. The molecule has 1 fully saturated rings. The van der Waals surface area contributed by atoms with Crippen LogP contribution in [0.2, 0.25) is 0 Å². The number of aromatic nitrogens is 3. The predicted molar refractivity (Wildman–Crippen MR) is 131 cm³/mol. The zero-order valence-corrected chi connectivity index (χ0v) is 19.9. The summed E-state index contributed by atoms with van der Waals surface area (Å²) in [5.41, 5.74) is 1.80. The highest BCUT2D eigenvalue weighted by Gasteiger charge is 2.21. The van der Waals surface area contributed by atoms with Crippen molar-refractivity contribution in [3.63, 3.8) is 0 Å². The Morgan fingerprint density at radius 1 is 1.12 bits per heavy atom. The Labute approximate surface area is 197 Å². The molecule has 3 aromatic heterocycles.